The van der Waals surface area contributed by atoms with Gasteiger partial charge in [0.2, 0.25) is 0 Å². The lowest BCUT2D eigenvalue weighted by molar-refractivity contribution is 0.841. The van der Waals surface area contributed by atoms with Crippen LogP contribution >= 0.6 is 0 Å². The number of rotatable bonds is 4. The summed E-state index contributed by atoms with van der Waals surface area (Å²) < 4.78 is 0. The van der Waals surface area contributed by atoms with E-state index in [1.807, 2.05) is 26.2 Å². The fourth-order valence-corrected chi connectivity index (χ4v) is 1.68. The maximum atomic E-state index is 4.46. The largest absolute Gasteiger partial charge is 0.378 e. The summed E-state index contributed by atoms with van der Waals surface area (Å²) in [5.74, 6) is 1.73. The van der Waals surface area contributed by atoms with Gasteiger partial charge in [-0.3, -0.25) is 5.10 Å². The maximum Gasteiger partial charge on any atom is 0.181 e. The van der Waals surface area contributed by atoms with Crippen LogP contribution in [0.4, 0.5) is 5.69 Å². The lowest BCUT2D eigenvalue weighted by atomic mass is 10.2. The molecule has 0 aliphatic heterocycles. The molecule has 2 rings (SSSR count). The Kier molecular flexibility index (Phi) is 3.42. The molecule has 0 unspecified atom stereocenters. The number of aromatic amines is 1. The highest BCUT2D eigenvalue weighted by molar-refractivity contribution is 5.59. The number of hydrogen-bond donors (Lipinski definition) is 1. The van der Waals surface area contributed by atoms with Gasteiger partial charge in [-0.2, -0.15) is 5.10 Å². The van der Waals surface area contributed by atoms with E-state index >= 15 is 0 Å². The summed E-state index contributed by atoms with van der Waals surface area (Å²) in [7, 11) is 4.06. The van der Waals surface area contributed by atoms with Gasteiger partial charge in [-0.25, -0.2) is 4.98 Å². The summed E-state index contributed by atoms with van der Waals surface area (Å²) in [6.07, 6.45) is 2.02. The van der Waals surface area contributed by atoms with E-state index in [-0.39, 0.29) is 0 Å². The normalized spacial score (nSPS) is 10.5. The van der Waals surface area contributed by atoms with Gasteiger partial charge >= 0.3 is 0 Å². The maximum absolute atomic E-state index is 4.46. The number of nitrogens with zero attached hydrogens (tertiary/aromatic N) is 3. The molecule has 0 fully saturated rings. The molecule has 1 heterocycles. The van der Waals surface area contributed by atoms with Gasteiger partial charge in [0.1, 0.15) is 5.82 Å². The average Bonchev–Trinajstić information content (AvgIpc) is 2.78. The van der Waals surface area contributed by atoms with Crippen molar-refractivity contribution >= 4 is 5.69 Å². The van der Waals surface area contributed by atoms with Crippen LogP contribution in [0.15, 0.2) is 24.3 Å². The fourth-order valence-electron chi connectivity index (χ4n) is 1.68. The SMILES string of the molecule is CCCc1nc(-c2ccc(N(C)C)cc2)n[nH]1. The first-order valence-corrected chi connectivity index (χ1v) is 5.89. The van der Waals surface area contributed by atoms with Crippen LogP contribution in [-0.4, -0.2) is 29.3 Å². The van der Waals surface area contributed by atoms with Crippen molar-refractivity contribution in [2.24, 2.45) is 0 Å². The monoisotopic (exact) mass is 230 g/mol. The van der Waals surface area contributed by atoms with Crippen LogP contribution in [-0.2, 0) is 6.42 Å². The summed E-state index contributed by atoms with van der Waals surface area (Å²) in [5.41, 5.74) is 2.23. The number of benzene rings is 1. The molecule has 2 aromatic rings. The Morgan fingerprint density at radius 1 is 1.18 bits per heavy atom. The van der Waals surface area contributed by atoms with Gasteiger partial charge in [0, 0.05) is 31.8 Å². The molecular formula is C13H18N4. The molecule has 1 N–H and O–H groups in total. The van der Waals surface area contributed by atoms with Crippen LogP contribution in [0.1, 0.15) is 19.2 Å². The van der Waals surface area contributed by atoms with Gasteiger partial charge in [-0.15, -0.1) is 0 Å². The second-order valence-corrected chi connectivity index (χ2v) is 4.30. The quantitative estimate of drug-likeness (QED) is 0.877. The van der Waals surface area contributed by atoms with Crippen molar-refractivity contribution in [3.63, 3.8) is 0 Å². The summed E-state index contributed by atoms with van der Waals surface area (Å²) >= 11 is 0. The van der Waals surface area contributed by atoms with Crippen LogP contribution < -0.4 is 4.90 Å². The second-order valence-electron chi connectivity index (χ2n) is 4.30. The lowest BCUT2D eigenvalue weighted by Gasteiger charge is -2.11. The molecule has 0 aliphatic carbocycles. The highest BCUT2D eigenvalue weighted by atomic mass is 15.2. The topological polar surface area (TPSA) is 44.8 Å². The van der Waals surface area contributed by atoms with Crippen molar-refractivity contribution in [1.29, 1.82) is 0 Å². The van der Waals surface area contributed by atoms with Gasteiger partial charge < -0.3 is 4.90 Å². The summed E-state index contributed by atoms with van der Waals surface area (Å²) in [6, 6.07) is 8.25. The van der Waals surface area contributed by atoms with Gasteiger partial charge in [-0.05, 0) is 30.7 Å². The molecule has 0 spiro atoms. The van der Waals surface area contributed by atoms with E-state index in [1.165, 1.54) is 5.69 Å². The van der Waals surface area contributed by atoms with Crippen molar-refractivity contribution in [2.75, 3.05) is 19.0 Å². The Hall–Kier alpha value is -1.84. The number of H-pyrrole nitrogens is 1. The molecule has 4 nitrogen and oxygen atoms in total. The van der Waals surface area contributed by atoms with Gasteiger partial charge in [0.25, 0.3) is 0 Å². The predicted octanol–water partition coefficient (Wildman–Crippen LogP) is 2.49. The minimum absolute atomic E-state index is 0.777. The van der Waals surface area contributed by atoms with E-state index in [4.69, 9.17) is 0 Å². The molecule has 0 radical (unpaired) electrons. The molecule has 1 aromatic heterocycles. The van der Waals surface area contributed by atoms with Gasteiger partial charge in [0.05, 0.1) is 0 Å². The molecule has 0 bridgehead atoms. The molecule has 0 saturated heterocycles. The Morgan fingerprint density at radius 2 is 1.88 bits per heavy atom. The van der Waals surface area contributed by atoms with Crippen molar-refractivity contribution < 1.29 is 0 Å². The first-order valence-electron chi connectivity index (χ1n) is 5.89. The lowest BCUT2D eigenvalue weighted by Crippen LogP contribution is -2.07. The van der Waals surface area contributed by atoms with Crippen LogP contribution in [0.25, 0.3) is 11.4 Å². The zero-order valence-electron chi connectivity index (χ0n) is 10.6. The highest BCUT2D eigenvalue weighted by Crippen LogP contribution is 2.19. The smallest absolute Gasteiger partial charge is 0.181 e. The van der Waals surface area contributed by atoms with Gasteiger partial charge in [0.15, 0.2) is 5.82 Å². The average molecular weight is 230 g/mol. The second kappa shape index (κ2) is 4.99. The summed E-state index contributed by atoms with van der Waals surface area (Å²) in [4.78, 5) is 6.54. The molecule has 0 amide bonds. The summed E-state index contributed by atoms with van der Waals surface area (Å²) in [6.45, 7) is 2.13. The predicted molar refractivity (Wildman–Crippen MR) is 70.1 cm³/mol. The van der Waals surface area contributed by atoms with Crippen LogP contribution in [0.3, 0.4) is 0 Å². The standard InChI is InChI=1S/C13H18N4/c1-4-5-12-14-13(16-15-12)10-6-8-11(9-7-10)17(2)3/h6-9H,4-5H2,1-3H3,(H,14,15,16). The van der Waals surface area contributed by atoms with Crippen molar-refractivity contribution in [1.82, 2.24) is 15.2 Å². The number of hydrogen-bond acceptors (Lipinski definition) is 3. The summed E-state index contributed by atoms with van der Waals surface area (Å²) in [5, 5.41) is 7.20. The first-order chi connectivity index (χ1) is 8.20. The minimum Gasteiger partial charge on any atom is -0.378 e. The third-order valence-corrected chi connectivity index (χ3v) is 2.66. The molecule has 0 saturated carbocycles. The zero-order valence-corrected chi connectivity index (χ0v) is 10.6. The van der Waals surface area contributed by atoms with E-state index < -0.39 is 0 Å². The molecular weight excluding hydrogens is 212 g/mol. The van der Waals surface area contributed by atoms with E-state index in [0.29, 0.717) is 0 Å². The van der Waals surface area contributed by atoms with Gasteiger partial charge in [-0.1, -0.05) is 6.92 Å². The number of aryl methyl sites for hydroxylation is 1. The van der Waals surface area contributed by atoms with Crippen molar-refractivity contribution in [3.8, 4) is 11.4 Å². The van der Waals surface area contributed by atoms with Crippen molar-refractivity contribution in [2.45, 2.75) is 19.8 Å². The Labute approximate surface area is 102 Å². The van der Waals surface area contributed by atoms with E-state index in [2.05, 4.69) is 39.1 Å². The van der Waals surface area contributed by atoms with Crippen molar-refractivity contribution in [3.05, 3.63) is 30.1 Å². The van der Waals surface area contributed by atoms with E-state index in [9.17, 15) is 0 Å². The molecule has 0 atom stereocenters. The molecule has 17 heavy (non-hydrogen) atoms. The number of nitrogens with one attached hydrogen (secondary N) is 1. The molecule has 1 aromatic carbocycles. The third-order valence-electron chi connectivity index (χ3n) is 2.66. The van der Waals surface area contributed by atoms with E-state index in [0.717, 1.165) is 30.1 Å². The molecule has 90 valence electrons. The van der Waals surface area contributed by atoms with Crippen LogP contribution in [0.2, 0.25) is 0 Å². The Bertz CT molecular complexity index is 470. The first kappa shape index (κ1) is 11.6. The Morgan fingerprint density at radius 3 is 2.47 bits per heavy atom. The van der Waals surface area contributed by atoms with E-state index in [1.54, 1.807) is 0 Å². The molecule has 4 heteroatoms. The minimum atomic E-state index is 0.777. The highest BCUT2D eigenvalue weighted by Gasteiger charge is 2.05. The molecule has 0 aliphatic rings. The third kappa shape index (κ3) is 2.64. The Balaban J connectivity index is 2.21. The number of aromatic nitrogens is 3. The zero-order chi connectivity index (χ0) is 12.3. The van der Waals surface area contributed by atoms with Crippen LogP contribution in [0, 0.1) is 0 Å². The fraction of sp³-hybridized carbons (Fsp3) is 0.385. The number of anilines is 1. The van der Waals surface area contributed by atoms with Crippen LogP contribution in [0.5, 0.6) is 0 Å².